The number of carboxylic acid groups (broad SMARTS) is 1. The van der Waals surface area contributed by atoms with E-state index in [9.17, 15) is 4.79 Å². The van der Waals surface area contributed by atoms with Crippen LogP contribution in [0.15, 0.2) is 52.9 Å². The number of carboxylic acids is 1. The summed E-state index contributed by atoms with van der Waals surface area (Å²) < 4.78 is 22.5. The lowest BCUT2D eigenvalue weighted by Gasteiger charge is -2.34. The molecule has 0 radical (unpaired) electrons. The van der Waals surface area contributed by atoms with E-state index in [0.717, 1.165) is 28.3 Å². The molecule has 32 heavy (non-hydrogen) atoms. The Morgan fingerprint density at radius 3 is 2.38 bits per heavy atom. The maximum Gasteiger partial charge on any atom is 0.364 e. The van der Waals surface area contributed by atoms with Crippen LogP contribution < -0.4 is 4.74 Å². The van der Waals surface area contributed by atoms with E-state index in [1.165, 1.54) is 12.5 Å². The highest BCUT2D eigenvalue weighted by molar-refractivity contribution is 5.75. The van der Waals surface area contributed by atoms with Gasteiger partial charge >= 0.3 is 5.97 Å². The molecule has 1 N–H and O–H groups in total. The first kappa shape index (κ1) is 22.0. The van der Waals surface area contributed by atoms with E-state index in [1.807, 2.05) is 62.4 Å². The molecule has 0 aliphatic carbocycles. The summed E-state index contributed by atoms with van der Waals surface area (Å²) in [5.74, 6) is -0.537. The predicted molar refractivity (Wildman–Crippen MR) is 118 cm³/mol. The summed E-state index contributed by atoms with van der Waals surface area (Å²) in [6.07, 6.45) is 0.640. The number of hydrogen-bond acceptors (Lipinski definition) is 6. The van der Waals surface area contributed by atoms with Crippen molar-refractivity contribution in [2.45, 2.75) is 38.9 Å². The lowest BCUT2D eigenvalue weighted by molar-refractivity contribution is -0.262. The van der Waals surface area contributed by atoms with Gasteiger partial charge in [-0.25, -0.2) is 9.78 Å². The number of rotatable bonds is 7. The van der Waals surface area contributed by atoms with E-state index in [2.05, 4.69) is 4.98 Å². The Morgan fingerprint density at radius 2 is 1.75 bits per heavy atom. The fraction of sp³-hybridized carbons (Fsp3) is 0.360. The quantitative estimate of drug-likeness (QED) is 0.581. The molecule has 1 saturated heterocycles. The number of ether oxygens (including phenoxy) is 3. The molecule has 0 amide bonds. The number of carbonyl (C=O) groups is 1. The normalized spacial score (nSPS) is 20.8. The molecule has 3 aromatic rings. The number of aromatic nitrogens is 1. The summed E-state index contributed by atoms with van der Waals surface area (Å²) in [7, 11) is 0. The van der Waals surface area contributed by atoms with Crippen LogP contribution >= 0.6 is 0 Å². The van der Waals surface area contributed by atoms with Crippen LogP contribution in [-0.2, 0) is 20.7 Å². The Bertz CT molecular complexity index is 1060. The van der Waals surface area contributed by atoms with Crippen molar-refractivity contribution in [2.75, 3.05) is 19.8 Å². The molecule has 1 aromatic heterocycles. The predicted octanol–water partition coefficient (Wildman–Crippen LogP) is 4.51. The molecule has 4 rings (SSSR count). The molecular weight excluding hydrogens is 410 g/mol. The van der Waals surface area contributed by atoms with Crippen LogP contribution in [-0.4, -0.2) is 41.7 Å². The van der Waals surface area contributed by atoms with Gasteiger partial charge in [0.05, 0.1) is 25.5 Å². The van der Waals surface area contributed by atoms with E-state index in [1.54, 1.807) is 0 Å². The van der Waals surface area contributed by atoms with Gasteiger partial charge in [-0.2, -0.15) is 0 Å². The van der Waals surface area contributed by atoms with Crippen molar-refractivity contribution < 1.29 is 28.5 Å². The highest BCUT2D eigenvalue weighted by Crippen LogP contribution is 2.29. The van der Waals surface area contributed by atoms with Gasteiger partial charge in [-0.3, -0.25) is 0 Å². The molecule has 2 aromatic carbocycles. The average molecular weight is 437 g/mol. The number of hydrogen-bond donors (Lipinski definition) is 1. The largest absolute Gasteiger partial charge is 0.493 e. The monoisotopic (exact) mass is 437 g/mol. The van der Waals surface area contributed by atoms with Gasteiger partial charge < -0.3 is 23.7 Å². The zero-order valence-corrected chi connectivity index (χ0v) is 18.5. The van der Waals surface area contributed by atoms with E-state index >= 15 is 0 Å². The molecule has 1 aliphatic rings. The molecular formula is C25H27NO6. The Hall–Kier alpha value is -3.16. The molecule has 0 unspecified atom stereocenters. The van der Waals surface area contributed by atoms with Crippen LogP contribution in [0.2, 0.25) is 0 Å². The van der Waals surface area contributed by atoms with Gasteiger partial charge in [0.1, 0.15) is 11.5 Å². The molecule has 0 saturated carbocycles. The molecule has 0 bridgehead atoms. The van der Waals surface area contributed by atoms with Crippen LogP contribution in [0.3, 0.4) is 0 Å². The molecule has 1 aliphatic heterocycles. The Balaban J connectivity index is 1.30. The second kappa shape index (κ2) is 9.14. The Labute approximate surface area is 186 Å². The molecule has 0 spiro atoms. The number of aliphatic carboxylic acids is 1. The Morgan fingerprint density at radius 1 is 1.09 bits per heavy atom. The van der Waals surface area contributed by atoms with Crippen molar-refractivity contribution in [3.05, 3.63) is 71.1 Å². The van der Waals surface area contributed by atoms with Crippen molar-refractivity contribution >= 4 is 5.97 Å². The number of oxazole rings is 1. The molecule has 1 fully saturated rings. The van der Waals surface area contributed by atoms with Crippen molar-refractivity contribution in [3.63, 3.8) is 0 Å². The zero-order valence-electron chi connectivity index (χ0n) is 18.5. The summed E-state index contributed by atoms with van der Waals surface area (Å²) in [5, 5.41) is 9.16. The summed E-state index contributed by atoms with van der Waals surface area (Å²) in [6, 6.07) is 15.8. The minimum Gasteiger partial charge on any atom is -0.493 e. The van der Waals surface area contributed by atoms with E-state index in [4.69, 9.17) is 23.7 Å². The molecule has 7 heteroatoms. The van der Waals surface area contributed by atoms with Crippen molar-refractivity contribution in [2.24, 2.45) is 0 Å². The fourth-order valence-corrected chi connectivity index (χ4v) is 3.51. The van der Waals surface area contributed by atoms with Crippen molar-refractivity contribution in [1.82, 2.24) is 4.98 Å². The van der Waals surface area contributed by atoms with Crippen LogP contribution in [0.5, 0.6) is 5.75 Å². The second-order valence-electron chi connectivity index (χ2n) is 8.13. The molecule has 168 valence electrons. The molecule has 7 nitrogen and oxygen atoms in total. The molecule has 0 atom stereocenters. The van der Waals surface area contributed by atoms with Crippen LogP contribution in [0.1, 0.15) is 35.4 Å². The van der Waals surface area contributed by atoms with E-state index < -0.39 is 11.8 Å². The standard InChI is InChI=1S/C25H27NO6/c1-16-4-6-19(7-5-16)23-26-22(17(2)32-23)12-13-29-21-10-8-18(9-11-21)20-14-30-25(3,24(27)28)31-15-20/h4-11,20H,12-15H2,1-3H3,(H,27,28)/t20-,25+. The van der Waals surface area contributed by atoms with E-state index in [0.29, 0.717) is 18.9 Å². The number of nitrogens with zero attached hydrogens (tertiary/aromatic N) is 1. The van der Waals surface area contributed by atoms with Gasteiger partial charge in [-0.05, 0) is 43.7 Å². The first-order valence-electron chi connectivity index (χ1n) is 10.6. The highest BCUT2D eigenvalue weighted by Gasteiger charge is 2.40. The van der Waals surface area contributed by atoms with Gasteiger partial charge in [0.25, 0.3) is 5.79 Å². The Kier molecular flexibility index (Phi) is 6.30. The number of benzene rings is 2. The summed E-state index contributed by atoms with van der Waals surface area (Å²) >= 11 is 0. The van der Waals surface area contributed by atoms with Crippen molar-refractivity contribution in [3.8, 4) is 17.2 Å². The van der Waals surface area contributed by atoms with Crippen LogP contribution in [0, 0.1) is 13.8 Å². The lowest BCUT2D eigenvalue weighted by atomic mass is 9.99. The van der Waals surface area contributed by atoms with Crippen LogP contribution in [0.25, 0.3) is 11.5 Å². The topological polar surface area (TPSA) is 91.0 Å². The zero-order chi connectivity index (χ0) is 22.7. The molecule has 2 heterocycles. The maximum atomic E-state index is 11.2. The summed E-state index contributed by atoms with van der Waals surface area (Å²) in [6.45, 7) is 6.44. The van der Waals surface area contributed by atoms with Gasteiger partial charge in [-0.15, -0.1) is 0 Å². The van der Waals surface area contributed by atoms with Crippen molar-refractivity contribution in [1.29, 1.82) is 0 Å². The van der Waals surface area contributed by atoms with Gasteiger partial charge in [0, 0.05) is 24.8 Å². The first-order chi connectivity index (χ1) is 15.3. The summed E-state index contributed by atoms with van der Waals surface area (Å²) in [5.41, 5.74) is 4.05. The smallest absolute Gasteiger partial charge is 0.364 e. The maximum absolute atomic E-state index is 11.2. The highest BCUT2D eigenvalue weighted by atomic mass is 16.7. The third kappa shape index (κ3) is 4.84. The third-order valence-corrected chi connectivity index (χ3v) is 5.66. The van der Waals surface area contributed by atoms with E-state index in [-0.39, 0.29) is 19.1 Å². The lowest BCUT2D eigenvalue weighted by Crippen LogP contribution is -2.47. The minimum atomic E-state index is -1.57. The average Bonchev–Trinajstić information content (AvgIpc) is 3.16. The van der Waals surface area contributed by atoms with Gasteiger partial charge in [-0.1, -0.05) is 29.8 Å². The SMILES string of the molecule is Cc1ccc(-c2nc(CCOc3ccc([C@H]4CO[C@@](C)(C(=O)O)OC4)cc3)c(C)o2)cc1. The van der Waals surface area contributed by atoms with Gasteiger partial charge in [0.15, 0.2) is 0 Å². The summed E-state index contributed by atoms with van der Waals surface area (Å²) in [4.78, 5) is 15.8. The second-order valence-corrected chi connectivity index (χ2v) is 8.13. The van der Waals surface area contributed by atoms with Gasteiger partial charge in [0.2, 0.25) is 5.89 Å². The van der Waals surface area contributed by atoms with Crippen LogP contribution in [0.4, 0.5) is 0 Å². The first-order valence-corrected chi connectivity index (χ1v) is 10.6. The fourth-order valence-electron chi connectivity index (χ4n) is 3.51. The number of aryl methyl sites for hydroxylation is 2. The third-order valence-electron chi connectivity index (χ3n) is 5.66. The minimum absolute atomic E-state index is 0.0190.